The zero-order chi connectivity index (χ0) is 24.2. The predicted molar refractivity (Wildman–Crippen MR) is 132 cm³/mol. The molecule has 166 valence electrons. The van der Waals surface area contributed by atoms with Crippen LogP contribution in [0.1, 0.15) is 27.2 Å². The van der Waals surface area contributed by atoms with E-state index in [2.05, 4.69) is 16.2 Å². The second-order valence-corrected chi connectivity index (χ2v) is 7.69. The van der Waals surface area contributed by atoms with Crippen molar-refractivity contribution in [1.29, 1.82) is 5.26 Å². The molecule has 0 saturated heterocycles. The third-order valence-corrected chi connectivity index (χ3v) is 5.53. The Labute approximate surface area is 196 Å². The van der Waals surface area contributed by atoms with Crippen LogP contribution < -0.4 is 11.5 Å². The van der Waals surface area contributed by atoms with Crippen LogP contribution in [-0.4, -0.2) is 22.3 Å². The monoisotopic (exact) mass is 447 g/mol. The van der Waals surface area contributed by atoms with Crippen molar-refractivity contribution >= 4 is 17.8 Å². The maximum absolute atomic E-state index is 12.7. The Hall–Kier alpha value is -4.96. The van der Waals surface area contributed by atoms with Gasteiger partial charge in [0.2, 0.25) is 0 Å². The lowest BCUT2D eigenvalue weighted by atomic mass is 9.91. The average molecular weight is 447 g/mol. The molecule has 4 aromatic rings. The number of rotatable bonds is 5. The van der Waals surface area contributed by atoms with E-state index in [1.807, 2.05) is 49.4 Å². The van der Waals surface area contributed by atoms with Crippen molar-refractivity contribution in [2.24, 2.45) is 10.9 Å². The lowest BCUT2D eigenvalue weighted by molar-refractivity contribution is 0.100. The molecule has 0 radical (unpaired) electrons. The lowest BCUT2D eigenvalue weighted by Gasteiger charge is -2.16. The Morgan fingerprint density at radius 1 is 1.00 bits per heavy atom. The number of pyridine rings is 1. The smallest absolute Gasteiger partial charge is 0.251 e. The number of aryl methyl sites for hydroxylation is 1. The lowest BCUT2D eigenvalue weighted by Crippen LogP contribution is -2.16. The normalized spacial score (nSPS) is 10.8. The minimum atomic E-state index is -0.647. The zero-order valence-corrected chi connectivity index (χ0v) is 18.4. The summed E-state index contributed by atoms with van der Waals surface area (Å²) >= 11 is 0. The van der Waals surface area contributed by atoms with Crippen LogP contribution in [0.4, 0.5) is 5.69 Å². The molecule has 0 spiro atoms. The van der Waals surface area contributed by atoms with E-state index in [-0.39, 0.29) is 5.56 Å². The van der Waals surface area contributed by atoms with Gasteiger partial charge in [0.1, 0.15) is 0 Å². The van der Waals surface area contributed by atoms with Crippen molar-refractivity contribution in [1.82, 2.24) is 4.98 Å². The van der Waals surface area contributed by atoms with Crippen LogP contribution in [0.25, 0.3) is 33.5 Å². The minimum Gasteiger partial charge on any atom is -0.411 e. The predicted octanol–water partition coefficient (Wildman–Crippen LogP) is 4.75. The quantitative estimate of drug-likeness (QED) is 0.175. The topological polar surface area (TPSA) is 138 Å². The summed E-state index contributed by atoms with van der Waals surface area (Å²) in [5.41, 5.74) is 18.2. The summed E-state index contributed by atoms with van der Waals surface area (Å²) in [6.07, 6.45) is 1.21. The maximum Gasteiger partial charge on any atom is 0.251 e. The highest BCUT2D eigenvalue weighted by Gasteiger charge is 2.21. The van der Waals surface area contributed by atoms with Crippen LogP contribution in [0.5, 0.6) is 0 Å². The Balaban J connectivity index is 1.91. The minimum absolute atomic E-state index is 0.231. The fraction of sp³-hybridized carbons (Fsp3) is 0.0370. The number of nitrogen functional groups attached to an aromatic ring is 1. The number of nitrogens with zero attached hydrogens (tertiary/aromatic N) is 3. The van der Waals surface area contributed by atoms with Gasteiger partial charge in [-0.15, -0.1) is 0 Å². The number of oxime groups is 1. The second kappa shape index (κ2) is 9.27. The van der Waals surface area contributed by atoms with Crippen molar-refractivity contribution in [3.8, 4) is 39.6 Å². The first-order valence-electron chi connectivity index (χ1n) is 10.4. The van der Waals surface area contributed by atoms with Gasteiger partial charge in [0.05, 0.1) is 29.1 Å². The van der Waals surface area contributed by atoms with E-state index in [0.29, 0.717) is 39.3 Å². The van der Waals surface area contributed by atoms with E-state index in [0.717, 1.165) is 16.7 Å². The van der Waals surface area contributed by atoms with Gasteiger partial charge in [-0.05, 0) is 47.4 Å². The van der Waals surface area contributed by atoms with E-state index in [4.69, 9.17) is 16.7 Å². The van der Waals surface area contributed by atoms with Gasteiger partial charge in [0.15, 0.2) is 0 Å². The molecule has 5 N–H and O–H groups in total. The molecule has 7 nitrogen and oxygen atoms in total. The van der Waals surface area contributed by atoms with Crippen LogP contribution >= 0.6 is 0 Å². The molecule has 0 aliphatic rings. The third kappa shape index (κ3) is 4.08. The van der Waals surface area contributed by atoms with Crippen molar-refractivity contribution in [2.45, 2.75) is 6.92 Å². The van der Waals surface area contributed by atoms with Crippen molar-refractivity contribution in [2.75, 3.05) is 5.73 Å². The number of primary amides is 1. The molecule has 4 rings (SSSR count). The molecule has 0 bridgehead atoms. The van der Waals surface area contributed by atoms with Crippen LogP contribution in [0, 0.1) is 18.3 Å². The summed E-state index contributed by atoms with van der Waals surface area (Å²) < 4.78 is 0. The number of nitriles is 1. The number of benzene rings is 3. The standard InChI is InChI=1S/C27H21N5O2/c1-16-13-22(18-11-9-17(10-12-18)20-6-3-2-5-19(20)14-28)25(27(30)33)26(32-16)21-7-4-8-24(29)23(21)15-31-34/h2-13,15,34H,29H2,1H3,(H2,30,33). The summed E-state index contributed by atoms with van der Waals surface area (Å²) in [4.78, 5) is 17.2. The number of carbonyl (C=O) groups is 1. The van der Waals surface area contributed by atoms with Gasteiger partial charge in [-0.3, -0.25) is 9.78 Å². The maximum atomic E-state index is 12.7. The Kier molecular flexibility index (Phi) is 6.06. The van der Waals surface area contributed by atoms with Crippen molar-refractivity contribution < 1.29 is 10.0 Å². The molecule has 0 atom stereocenters. The van der Waals surface area contributed by atoms with Gasteiger partial charge in [0.25, 0.3) is 5.91 Å². The largest absolute Gasteiger partial charge is 0.411 e. The number of anilines is 1. The van der Waals surface area contributed by atoms with Crippen LogP contribution in [0.3, 0.4) is 0 Å². The molecular weight excluding hydrogens is 426 g/mol. The number of amides is 1. The fourth-order valence-corrected chi connectivity index (χ4v) is 4.00. The molecule has 1 heterocycles. The summed E-state index contributed by atoms with van der Waals surface area (Å²) in [7, 11) is 0. The third-order valence-electron chi connectivity index (χ3n) is 5.53. The number of carbonyl (C=O) groups excluding carboxylic acids is 1. The molecule has 0 saturated carbocycles. The summed E-state index contributed by atoms with van der Waals surface area (Å²) in [5, 5.41) is 21.6. The summed E-state index contributed by atoms with van der Waals surface area (Å²) in [6.45, 7) is 1.82. The first-order chi connectivity index (χ1) is 16.4. The number of hydrogen-bond acceptors (Lipinski definition) is 6. The fourth-order valence-electron chi connectivity index (χ4n) is 4.00. The van der Waals surface area contributed by atoms with E-state index < -0.39 is 5.91 Å². The Morgan fingerprint density at radius 3 is 2.29 bits per heavy atom. The Bertz CT molecular complexity index is 1470. The Morgan fingerprint density at radius 2 is 1.65 bits per heavy atom. The molecule has 3 aromatic carbocycles. The van der Waals surface area contributed by atoms with Gasteiger partial charge in [0, 0.05) is 22.5 Å². The highest BCUT2D eigenvalue weighted by atomic mass is 16.4. The van der Waals surface area contributed by atoms with E-state index in [9.17, 15) is 10.1 Å². The van der Waals surface area contributed by atoms with E-state index in [1.54, 1.807) is 30.3 Å². The molecule has 7 heteroatoms. The highest BCUT2D eigenvalue weighted by Crippen LogP contribution is 2.35. The molecule has 0 fully saturated rings. The molecule has 1 aromatic heterocycles. The first-order valence-corrected chi connectivity index (χ1v) is 10.4. The van der Waals surface area contributed by atoms with E-state index >= 15 is 0 Å². The van der Waals surface area contributed by atoms with Gasteiger partial charge < -0.3 is 16.7 Å². The van der Waals surface area contributed by atoms with Crippen LogP contribution in [0.15, 0.2) is 78.0 Å². The molecular formula is C27H21N5O2. The van der Waals surface area contributed by atoms with E-state index in [1.165, 1.54) is 6.21 Å². The summed E-state index contributed by atoms with van der Waals surface area (Å²) in [5.74, 6) is -0.647. The van der Waals surface area contributed by atoms with Crippen LogP contribution in [-0.2, 0) is 0 Å². The summed E-state index contributed by atoms with van der Waals surface area (Å²) in [6, 6.07) is 24.1. The van der Waals surface area contributed by atoms with Gasteiger partial charge in [-0.2, -0.15) is 5.26 Å². The SMILES string of the molecule is Cc1cc(-c2ccc(-c3ccccc3C#N)cc2)c(C(N)=O)c(-c2cccc(N)c2C=NO)n1. The first kappa shape index (κ1) is 22.2. The van der Waals surface area contributed by atoms with Gasteiger partial charge in [-0.1, -0.05) is 59.8 Å². The molecule has 34 heavy (non-hydrogen) atoms. The van der Waals surface area contributed by atoms with Crippen molar-refractivity contribution in [3.63, 3.8) is 0 Å². The molecule has 0 aliphatic carbocycles. The average Bonchev–Trinajstić information content (AvgIpc) is 2.84. The molecule has 1 amide bonds. The second-order valence-electron chi connectivity index (χ2n) is 7.69. The van der Waals surface area contributed by atoms with Gasteiger partial charge in [-0.25, -0.2) is 0 Å². The molecule has 0 unspecified atom stereocenters. The highest BCUT2D eigenvalue weighted by molar-refractivity contribution is 6.08. The number of nitrogens with two attached hydrogens (primary N) is 2. The molecule has 0 aliphatic heterocycles. The number of hydrogen-bond donors (Lipinski definition) is 3. The number of aromatic nitrogens is 1. The van der Waals surface area contributed by atoms with Crippen LogP contribution in [0.2, 0.25) is 0 Å². The zero-order valence-electron chi connectivity index (χ0n) is 18.4. The van der Waals surface area contributed by atoms with Gasteiger partial charge >= 0.3 is 0 Å². The van der Waals surface area contributed by atoms with Crippen molar-refractivity contribution in [3.05, 3.63) is 95.2 Å².